The molecule has 0 amide bonds. The van der Waals surface area contributed by atoms with Gasteiger partial charge in [-0.15, -0.1) is 0 Å². The minimum Gasteiger partial charge on any atom is -0.314 e. The van der Waals surface area contributed by atoms with Crippen LogP contribution in [0.5, 0.6) is 0 Å². The zero-order valence-corrected chi connectivity index (χ0v) is 12.9. The van der Waals surface area contributed by atoms with Gasteiger partial charge in [0.1, 0.15) is 0 Å². The second kappa shape index (κ2) is 8.89. The Hall–Kier alpha value is -0.120. The van der Waals surface area contributed by atoms with Crippen molar-refractivity contribution in [2.75, 3.05) is 40.3 Å². The van der Waals surface area contributed by atoms with Crippen LogP contribution in [0.15, 0.2) is 0 Å². The van der Waals surface area contributed by atoms with Crippen LogP contribution in [0.4, 0.5) is 0 Å². The second-order valence-corrected chi connectivity index (χ2v) is 6.07. The van der Waals surface area contributed by atoms with Crippen LogP contribution < -0.4 is 5.32 Å². The third-order valence-electron chi connectivity index (χ3n) is 4.01. The Morgan fingerprint density at radius 1 is 1.17 bits per heavy atom. The summed E-state index contributed by atoms with van der Waals surface area (Å²) in [6, 6.07) is 1.47. The summed E-state index contributed by atoms with van der Waals surface area (Å²) >= 11 is 0. The first-order chi connectivity index (χ1) is 8.63. The molecule has 1 aliphatic rings. The predicted molar refractivity (Wildman–Crippen MR) is 80.1 cm³/mol. The van der Waals surface area contributed by atoms with Gasteiger partial charge in [0.05, 0.1) is 0 Å². The molecular weight excluding hydrogens is 222 g/mol. The van der Waals surface area contributed by atoms with Gasteiger partial charge in [0.25, 0.3) is 0 Å². The third-order valence-corrected chi connectivity index (χ3v) is 4.01. The maximum atomic E-state index is 3.67. The van der Waals surface area contributed by atoms with Crippen LogP contribution in [0.25, 0.3) is 0 Å². The molecule has 1 aliphatic heterocycles. The minimum absolute atomic E-state index is 0.709. The molecule has 1 N–H and O–H groups in total. The standard InChI is InChI=1S/C15H33N3/c1-5-10-18(12-11-17(3)4)14(2)13-15-8-6-7-9-16-15/h14-16H,5-13H2,1-4H3. The molecule has 0 radical (unpaired) electrons. The van der Waals surface area contributed by atoms with Gasteiger partial charge in [0.15, 0.2) is 0 Å². The molecule has 108 valence electrons. The predicted octanol–water partition coefficient (Wildman–Crippen LogP) is 2.18. The maximum absolute atomic E-state index is 3.67. The van der Waals surface area contributed by atoms with Gasteiger partial charge in [-0.3, -0.25) is 4.90 Å². The Morgan fingerprint density at radius 2 is 1.94 bits per heavy atom. The summed E-state index contributed by atoms with van der Waals surface area (Å²) in [6.07, 6.45) is 6.72. The van der Waals surface area contributed by atoms with Crippen LogP contribution in [0.3, 0.4) is 0 Å². The van der Waals surface area contributed by atoms with Gasteiger partial charge in [-0.2, -0.15) is 0 Å². The van der Waals surface area contributed by atoms with Gasteiger partial charge < -0.3 is 10.2 Å². The van der Waals surface area contributed by atoms with Crippen LogP contribution in [-0.4, -0.2) is 62.2 Å². The lowest BCUT2D eigenvalue weighted by atomic mass is 9.98. The van der Waals surface area contributed by atoms with E-state index in [1.807, 2.05) is 0 Å². The molecule has 1 saturated heterocycles. The molecular formula is C15H33N3. The highest BCUT2D eigenvalue weighted by Gasteiger charge is 2.19. The summed E-state index contributed by atoms with van der Waals surface area (Å²) in [6.45, 7) is 9.53. The van der Waals surface area contributed by atoms with Crippen molar-refractivity contribution < 1.29 is 0 Å². The number of piperidine rings is 1. The highest BCUT2D eigenvalue weighted by molar-refractivity contribution is 4.79. The van der Waals surface area contributed by atoms with Crippen molar-refractivity contribution >= 4 is 0 Å². The number of rotatable bonds is 8. The zero-order chi connectivity index (χ0) is 13.4. The van der Waals surface area contributed by atoms with Crippen LogP contribution in [0.2, 0.25) is 0 Å². The Morgan fingerprint density at radius 3 is 2.50 bits per heavy atom. The minimum atomic E-state index is 0.709. The summed E-state index contributed by atoms with van der Waals surface area (Å²) in [7, 11) is 4.33. The van der Waals surface area contributed by atoms with E-state index >= 15 is 0 Å². The average Bonchev–Trinajstić information content (AvgIpc) is 2.35. The molecule has 0 aromatic rings. The number of hydrogen-bond acceptors (Lipinski definition) is 3. The quantitative estimate of drug-likeness (QED) is 0.717. The normalized spacial score (nSPS) is 22.7. The van der Waals surface area contributed by atoms with E-state index in [1.165, 1.54) is 58.3 Å². The summed E-state index contributed by atoms with van der Waals surface area (Å²) in [5, 5.41) is 3.67. The van der Waals surface area contributed by atoms with Crippen molar-refractivity contribution in [2.24, 2.45) is 0 Å². The SMILES string of the molecule is CCCN(CCN(C)C)C(C)CC1CCCCN1. The number of nitrogens with one attached hydrogen (secondary N) is 1. The molecule has 2 unspecified atom stereocenters. The van der Waals surface area contributed by atoms with Crippen molar-refractivity contribution in [1.82, 2.24) is 15.1 Å². The van der Waals surface area contributed by atoms with Gasteiger partial charge in [-0.25, -0.2) is 0 Å². The Bertz CT molecular complexity index is 200. The lowest BCUT2D eigenvalue weighted by Gasteiger charge is -2.34. The lowest BCUT2D eigenvalue weighted by Crippen LogP contribution is -2.44. The first-order valence-corrected chi connectivity index (χ1v) is 7.75. The Labute approximate surface area is 114 Å². The van der Waals surface area contributed by atoms with E-state index in [0.717, 1.165) is 6.04 Å². The number of hydrogen-bond donors (Lipinski definition) is 1. The topological polar surface area (TPSA) is 18.5 Å². The summed E-state index contributed by atoms with van der Waals surface area (Å²) in [5.74, 6) is 0. The molecule has 1 rings (SSSR count). The van der Waals surface area contributed by atoms with Crippen LogP contribution in [0, 0.1) is 0 Å². The molecule has 18 heavy (non-hydrogen) atoms. The smallest absolute Gasteiger partial charge is 0.0112 e. The van der Waals surface area contributed by atoms with Crippen molar-refractivity contribution in [3.63, 3.8) is 0 Å². The van der Waals surface area contributed by atoms with E-state index in [1.54, 1.807) is 0 Å². The molecule has 2 atom stereocenters. The van der Waals surface area contributed by atoms with Crippen molar-refractivity contribution in [3.05, 3.63) is 0 Å². The van der Waals surface area contributed by atoms with Crippen LogP contribution in [0.1, 0.15) is 46.0 Å². The molecule has 0 aliphatic carbocycles. The summed E-state index contributed by atoms with van der Waals surface area (Å²) < 4.78 is 0. The fourth-order valence-electron chi connectivity index (χ4n) is 2.85. The van der Waals surface area contributed by atoms with Crippen molar-refractivity contribution in [1.29, 1.82) is 0 Å². The van der Waals surface area contributed by atoms with E-state index in [9.17, 15) is 0 Å². The van der Waals surface area contributed by atoms with Gasteiger partial charge >= 0.3 is 0 Å². The molecule has 3 nitrogen and oxygen atoms in total. The molecule has 0 aromatic carbocycles. The highest BCUT2D eigenvalue weighted by Crippen LogP contribution is 2.15. The van der Waals surface area contributed by atoms with Gasteiger partial charge in [0, 0.05) is 25.2 Å². The monoisotopic (exact) mass is 255 g/mol. The largest absolute Gasteiger partial charge is 0.314 e. The van der Waals surface area contributed by atoms with E-state index < -0.39 is 0 Å². The van der Waals surface area contributed by atoms with Gasteiger partial charge in [-0.1, -0.05) is 13.3 Å². The highest BCUT2D eigenvalue weighted by atomic mass is 15.2. The summed E-state index contributed by atoms with van der Waals surface area (Å²) in [4.78, 5) is 4.95. The van der Waals surface area contributed by atoms with E-state index in [4.69, 9.17) is 0 Å². The molecule has 0 bridgehead atoms. The van der Waals surface area contributed by atoms with Crippen molar-refractivity contribution in [3.8, 4) is 0 Å². The van der Waals surface area contributed by atoms with Crippen LogP contribution >= 0.6 is 0 Å². The lowest BCUT2D eigenvalue weighted by molar-refractivity contribution is 0.165. The maximum Gasteiger partial charge on any atom is 0.0112 e. The third kappa shape index (κ3) is 6.17. The van der Waals surface area contributed by atoms with Crippen molar-refractivity contribution in [2.45, 2.75) is 58.0 Å². The zero-order valence-electron chi connectivity index (χ0n) is 12.9. The van der Waals surface area contributed by atoms with E-state index in [-0.39, 0.29) is 0 Å². The van der Waals surface area contributed by atoms with Gasteiger partial charge in [0.2, 0.25) is 0 Å². The van der Waals surface area contributed by atoms with E-state index in [0.29, 0.717) is 6.04 Å². The molecule has 0 saturated carbocycles. The molecule has 1 fully saturated rings. The van der Waals surface area contributed by atoms with Crippen LogP contribution in [-0.2, 0) is 0 Å². The molecule has 0 spiro atoms. The summed E-state index contributed by atoms with van der Waals surface area (Å²) in [5.41, 5.74) is 0. The number of nitrogens with zero attached hydrogens (tertiary/aromatic N) is 2. The fourth-order valence-corrected chi connectivity index (χ4v) is 2.85. The molecule has 3 heteroatoms. The first-order valence-electron chi connectivity index (χ1n) is 7.75. The van der Waals surface area contributed by atoms with E-state index in [2.05, 4.69) is 43.1 Å². The average molecular weight is 255 g/mol. The number of likely N-dealkylation sites (N-methyl/N-ethyl adjacent to an activating group) is 1. The Balaban J connectivity index is 2.34. The first kappa shape index (κ1) is 15.9. The molecule has 0 aromatic heterocycles. The Kier molecular flexibility index (Phi) is 7.87. The second-order valence-electron chi connectivity index (χ2n) is 6.07. The fraction of sp³-hybridized carbons (Fsp3) is 1.00. The molecule has 1 heterocycles. The van der Waals surface area contributed by atoms with Gasteiger partial charge in [-0.05, 0) is 59.8 Å².